The molecule has 0 saturated carbocycles. The van der Waals surface area contributed by atoms with E-state index in [4.69, 9.17) is 16.3 Å². The van der Waals surface area contributed by atoms with E-state index in [2.05, 4.69) is 20.3 Å². The lowest BCUT2D eigenvalue weighted by molar-refractivity contribution is 0.222. The van der Waals surface area contributed by atoms with Gasteiger partial charge in [0.1, 0.15) is 11.6 Å². The molecule has 1 N–H and O–H groups in total. The second-order valence-electron chi connectivity index (χ2n) is 4.16. The van der Waals surface area contributed by atoms with Gasteiger partial charge < -0.3 is 10.1 Å². The maximum atomic E-state index is 13.1. The summed E-state index contributed by atoms with van der Waals surface area (Å²) in [6, 6.07) is 2.99. The Morgan fingerprint density at radius 3 is 2.35 bits per heavy atom. The molecule has 2 rings (SSSR count). The number of rotatable bonds is 4. The minimum absolute atomic E-state index is 0.0272. The van der Waals surface area contributed by atoms with E-state index in [-0.39, 0.29) is 29.0 Å². The zero-order valence-electron chi connectivity index (χ0n) is 10.7. The van der Waals surface area contributed by atoms with Crippen LogP contribution in [0.25, 0.3) is 0 Å². The molecule has 8 heteroatoms. The van der Waals surface area contributed by atoms with Gasteiger partial charge in [-0.05, 0) is 37.6 Å². The number of ether oxygens (including phenoxy) is 1. The lowest BCUT2D eigenvalue weighted by atomic mass is 10.3. The smallest absolute Gasteiger partial charge is 0.322 e. The molecule has 0 amide bonds. The van der Waals surface area contributed by atoms with Crippen LogP contribution in [-0.4, -0.2) is 21.1 Å². The van der Waals surface area contributed by atoms with E-state index in [1.165, 1.54) is 0 Å². The molecule has 0 aliphatic heterocycles. The summed E-state index contributed by atoms with van der Waals surface area (Å²) in [5.41, 5.74) is 0.153. The molecule has 0 fully saturated rings. The first-order valence-electron chi connectivity index (χ1n) is 5.74. The Bertz CT molecular complexity index is 604. The van der Waals surface area contributed by atoms with Gasteiger partial charge in [0, 0.05) is 11.8 Å². The summed E-state index contributed by atoms with van der Waals surface area (Å²) in [6.45, 7) is 3.60. The van der Waals surface area contributed by atoms with Crippen LogP contribution in [-0.2, 0) is 0 Å². The third kappa shape index (κ3) is 3.99. The van der Waals surface area contributed by atoms with Crippen LogP contribution in [0.5, 0.6) is 6.01 Å². The monoisotopic (exact) mass is 300 g/mol. The molecule has 0 unspecified atom stereocenters. The number of nitrogens with one attached hydrogen (secondary N) is 1. The van der Waals surface area contributed by atoms with Crippen LogP contribution in [0.4, 0.5) is 20.4 Å². The van der Waals surface area contributed by atoms with E-state index in [0.29, 0.717) is 0 Å². The summed E-state index contributed by atoms with van der Waals surface area (Å²) in [7, 11) is 0. The number of hydrogen-bond donors (Lipinski definition) is 1. The number of benzene rings is 1. The van der Waals surface area contributed by atoms with Crippen molar-refractivity contribution in [3.63, 3.8) is 0 Å². The Labute approximate surface area is 119 Å². The third-order valence-electron chi connectivity index (χ3n) is 2.05. The first-order valence-corrected chi connectivity index (χ1v) is 6.11. The summed E-state index contributed by atoms with van der Waals surface area (Å²) in [4.78, 5) is 11.5. The van der Waals surface area contributed by atoms with Gasteiger partial charge in [0.2, 0.25) is 11.2 Å². The Kier molecular flexibility index (Phi) is 4.29. The fraction of sp³-hybridized carbons (Fsp3) is 0.250. The van der Waals surface area contributed by atoms with Crippen molar-refractivity contribution in [2.45, 2.75) is 20.0 Å². The molecule has 0 radical (unpaired) electrons. The average molecular weight is 301 g/mol. The van der Waals surface area contributed by atoms with Crippen molar-refractivity contribution in [3.05, 3.63) is 35.1 Å². The second kappa shape index (κ2) is 5.96. The quantitative estimate of drug-likeness (QED) is 0.938. The van der Waals surface area contributed by atoms with Crippen LogP contribution in [0.2, 0.25) is 5.28 Å². The van der Waals surface area contributed by atoms with Gasteiger partial charge in [-0.3, -0.25) is 0 Å². The van der Waals surface area contributed by atoms with Crippen molar-refractivity contribution in [2.24, 2.45) is 0 Å². The summed E-state index contributed by atoms with van der Waals surface area (Å²) >= 11 is 5.73. The molecule has 1 aromatic heterocycles. The first kappa shape index (κ1) is 14.4. The van der Waals surface area contributed by atoms with Gasteiger partial charge in [-0.25, -0.2) is 8.78 Å². The van der Waals surface area contributed by atoms with Crippen molar-refractivity contribution >= 4 is 23.2 Å². The Morgan fingerprint density at radius 2 is 1.75 bits per heavy atom. The van der Waals surface area contributed by atoms with Gasteiger partial charge in [-0.15, -0.1) is 0 Å². The summed E-state index contributed by atoms with van der Waals surface area (Å²) < 4.78 is 31.4. The van der Waals surface area contributed by atoms with Gasteiger partial charge in [0.25, 0.3) is 0 Å². The van der Waals surface area contributed by atoms with E-state index in [1.54, 1.807) is 13.8 Å². The zero-order chi connectivity index (χ0) is 14.7. The third-order valence-corrected chi connectivity index (χ3v) is 2.22. The maximum Gasteiger partial charge on any atom is 0.322 e. The van der Waals surface area contributed by atoms with Gasteiger partial charge >= 0.3 is 6.01 Å². The Hall–Kier alpha value is -2.02. The molecule has 1 aromatic carbocycles. The zero-order valence-corrected chi connectivity index (χ0v) is 11.4. The van der Waals surface area contributed by atoms with Crippen molar-refractivity contribution < 1.29 is 13.5 Å². The molecule has 20 heavy (non-hydrogen) atoms. The fourth-order valence-electron chi connectivity index (χ4n) is 1.41. The Balaban J connectivity index is 2.26. The second-order valence-corrected chi connectivity index (χ2v) is 4.50. The van der Waals surface area contributed by atoms with Gasteiger partial charge in [0.05, 0.1) is 6.10 Å². The lowest BCUT2D eigenvalue weighted by Crippen LogP contribution is -2.10. The first-order chi connectivity index (χ1) is 9.42. The molecule has 5 nitrogen and oxygen atoms in total. The molecule has 106 valence electrons. The van der Waals surface area contributed by atoms with Crippen LogP contribution in [0, 0.1) is 11.6 Å². The number of anilines is 2. The van der Waals surface area contributed by atoms with Gasteiger partial charge in [-0.2, -0.15) is 15.0 Å². The predicted octanol–water partition coefficient (Wildman–Crippen LogP) is 3.33. The predicted molar refractivity (Wildman–Crippen MR) is 70.2 cm³/mol. The standard InChI is InChI=1S/C12H11ClF2N4O/c1-6(2)20-12-18-10(13)17-11(19-12)16-9-4-7(14)3-8(15)5-9/h3-6H,1-2H3,(H,16,17,18,19). The highest BCUT2D eigenvalue weighted by molar-refractivity contribution is 6.28. The highest BCUT2D eigenvalue weighted by atomic mass is 35.5. The summed E-state index contributed by atoms with van der Waals surface area (Å²) in [5.74, 6) is -1.40. The fourth-order valence-corrected chi connectivity index (χ4v) is 1.56. The molecule has 0 bridgehead atoms. The van der Waals surface area contributed by atoms with Crippen molar-refractivity contribution in [3.8, 4) is 6.01 Å². The van der Waals surface area contributed by atoms with Crippen LogP contribution >= 0.6 is 11.6 Å². The molecule has 0 atom stereocenters. The molecule has 1 heterocycles. The minimum atomic E-state index is -0.716. The highest BCUT2D eigenvalue weighted by Gasteiger charge is 2.09. The Morgan fingerprint density at radius 1 is 1.10 bits per heavy atom. The van der Waals surface area contributed by atoms with Gasteiger partial charge in [0.15, 0.2) is 0 Å². The molecular weight excluding hydrogens is 290 g/mol. The molecule has 0 saturated heterocycles. The van der Waals surface area contributed by atoms with Gasteiger partial charge in [-0.1, -0.05) is 0 Å². The number of halogens is 3. The lowest BCUT2D eigenvalue weighted by Gasteiger charge is -2.09. The largest absolute Gasteiger partial charge is 0.461 e. The van der Waals surface area contributed by atoms with Crippen molar-refractivity contribution in [2.75, 3.05) is 5.32 Å². The summed E-state index contributed by atoms with van der Waals surface area (Å²) in [5, 5.41) is 2.55. The van der Waals surface area contributed by atoms with Crippen LogP contribution in [0.15, 0.2) is 18.2 Å². The number of aromatic nitrogens is 3. The van der Waals surface area contributed by atoms with E-state index in [1.807, 2.05) is 0 Å². The van der Waals surface area contributed by atoms with E-state index < -0.39 is 11.6 Å². The number of nitrogens with zero attached hydrogens (tertiary/aromatic N) is 3. The SMILES string of the molecule is CC(C)Oc1nc(Cl)nc(Nc2cc(F)cc(F)c2)n1. The van der Waals surface area contributed by atoms with Crippen molar-refractivity contribution in [1.29, 1.82) is 0 Å². The topological polar surface area (TPSA) is 59.9 Å². The molecule has 0 spiro atoms. The molecule has 0 aliphatic carbocycles. The van der Waals surface area contributed by atoms with E-state index >= 15 is 0 Å². The molecule has 0 aliphatic rings. The van der Waals surface area contributed by atoms with Crippen LogP contribution < -0.4 is 10.1 Å². The number of hydrogen-bond acceptors (Lipinski definition) is 5. The average Bonchev–Trinajstić information content (AvgIpc) is 2.24. The van der Waals surface area contributed by atoms with Crippen LogP contribution in [0.3, 0.4) is 0 Å². The highest BCUT2D eigenvalue weighted by Crippen LogP contribution is 2.19. The summed E-state index contributed by atoms with van der Waals surface area (Å²) in [6.07, 6.45) is -0.145. The van der Waals surface area contributed by atoms with Crippen molar-refractivity contribution in [1.82, 2.24) is 15.0 Å². The molecule has 2 aromatic rings. The van der Waals surface area contributed by atoms with E-state index in [0.717, 1.165) is 18.2 Å². The maximum absolute atomic E-state index is 13.1. The minimum Gasteiger partial charge on any atom is -0.461 e. The molecular formula is C12H11ClF2N4O. The van der Waals surface area contributed by atoms with E-state index in [9.17, 15) is 8.78 Å². The van der Waals surface area contributed by atoms with Crippen LogP contribution in [0.1, 0.15) is 13.8 Å². The normalized spacial score (nSPS) is 10.7.